The van der Waals surface area contributed by atoms with Crippen molar-refractivity contribution < 1.29 is 19.4 Å². The third-order valence-corrected chi connectivity index (χ3v) is 2.05. The summed E-state index contributed by atoms with van der Waals surface area (Å²) in [5.74, 6) is -1.39. The fraction of sp³-hybridized carbons (Fsp3) is 0.400. The monoisotopic (exact) mass is 239 g/mol. The summed E-state index contributed by atoms with van der Waals surface area (Å²) in [5.41, 5.74) is 0.440. The second-order valence-electron chi connectivity index (χ2n) is 3.19. The molecule has 1 aromatic heterocycles. The molecule has 0 aliphatic heterocycles. The summed E-state index contributed by atoms with van der Waals surface area (Å²) in [4.78, 5) is 29.2. The Morgan fingerprint density at radius 2 is 2.29 bits per heavy atom. The van der Waals surface area contributed by atoms with Crippen molar-refractivity contribution in [2.24, 2.45) is 0 Å². The highest BCUT2D eigenvalue weighted by Gasteiger charge is 2.10. The number of carbonyl (C=O) groups excluding carboxylic acids is 1. The number of hydrogen-bond donors (Lipinski definition) is 2. The number of esters is 1. The zero-order chi connectivity index (χ0) is 12.7. The number of aromatic carboxylic acids is 1. The maximum Gasteiger partial charge on any atom is 0.339 e. The molecule has 1 aromatic rings. The van der Waals surface area contributed by atoms with E-state index in [0.29, 0.717) is 12.2 Å². The molecule has 1 heterocycles. The Bertz CT molecular complexity index is 408. The Hall–Kier alpha value is -2.02. The van der Waals surface area contributed by atoms with Crippen LogP contribution in [0.5, 0.6) is 0 Å². The minimum atomic E-state index is -1.07. The molecule has 0 amide bonds. The van der Waals surface area contributed by atoms with E-state index in [0.717, 1.165) is 0 Å². The van der Waals surface area contributed by atoms with E-state index in [4.69, 9.17) is 5.11 Å². The minimum absolute atomic E-state index is 0.0538. The van der Waals surface area contributed by atoms with Gasteiger partial charge in [-0.1, -0.05) is 0 Å². The first-order chi connectivity index (χ1) is 8.15. The Balaban J connectivity index is 2.46. The van der Waals surface area contributed by atoms with Gasteiger partial charge in [0.1, 0.15) is 11.9 Å². The first-order valence-electron chi connectivity index (χ1n) is 4.95. The lowest BCUT2D eigenvalue weighted by molar-refractivity contribution is -0.140. The molecule has 0 saturated carbocycles. The molecule has 0 unspecified atom stereocenters. The fourth-order valence-electron chi connectivity index (χ4n) is 1.17. The molecule has 0 radical (unpaired) electrons. The summed E-state index contributed by atoms with van der Waals surface area (Å²) in [7, 11) is 1.31. The van der Waals surface area contributed by atoms with Crippen LogP contribution in [0.1, 0.15) is 22.5 Å². The second-order valence-corrected chi connectivity index (χ2v) is 3.19. The van der Waals surface area contributed by atoms with Crippen LogP contribution in [0.2, 0.25) is 0 Å². The van der Waals surface area contributed by atoms with E-state index in [2.05, 4.69) is 20.0 Å². The van der Waals surface area contributed by atoms with Gasteiger partial charge in [0.25, 0.3) is 0 Å². The Morgan fingerprint density at radius 1 is 1.53 bits per heavy atom. The van der Waals surface area contributed by atoms with Crippen molar-refractivity contribution in [3.63, 3.8) is 0 Å². The number of ether oxygens (including phenoxy) is 1. The number of carbonyl (C=O) groups is 2. The zero-order valence-corrected chi connectivity index (χ0v) is 9.34. The molecule has 17 heavy (non-hydrogen) atoms. The van der Waals surface area contributed by atoms with Crippen molar-refractivity contribution in [2.45, 2.75) is 13.0 Å². The number of nitrogens with zero attached hydrogens (tertiary/aromatic N) is 2. The highest BCUT2D eigenvalue weighted by molar-refractivity contribution is 5.88. The van der Waals surface area contributed by atoms with E-state index in [-0.39, 0.29) is 24.5 Å². The van der Waals surface area contributed by atoms with Gasteiger partial charge in [-0.3, -0.25) is 4.79 Å². The van der Waals surface area contributed by atoms with Crippen LogP contribution < -0.4 is 5.32 Å². The van der Waals surface area contributed by atoms with Crippen molar-refractivity contribution >= 4 is 11.9 Å². The van der Waals surface area contributed by atoms with E-state index < -0.39 is 5.97 Å². The maximum atomic E-state index is 10.8. The van der Waals surface area contributed by atoms with Gasteiger partial charge >= 0.3 is 11.9 Å². The van der Waals surface area contributed by atoms with Gasteiger partial charge in [0.2, 0.25) is 0 Å². The normalized spacial score (nSPS) is 9.94. The number of hydrogen-bond acceptors (Lipinski definition) is 6. The lowest BCUT2D eigenvalue weighted by Crippen LogP contribution is -2.21. The number of rotatable bonds is 6. The van der Waals surface area contributed by atoms with Crippen LogP contribution >= 0.6 is 0 Å². The van der Waals surface area contributed by atoms with Crippen molar-refractivity contribution in [3.05, 3.63) is 23.8 Å². The quantitative estimate of drug-likeness (QED) is 0.524. The van der Waals surface area contributed by atoms with Crippen molar-refractivity contribution in [2.75, 3.05) is 13.7 Å². The highest BCUT2D eigenvalue weighted by Crippen LogP contribution is 2.02. The van der Waals surface area contributed by atoms with E-state index in [9.17, 15) is 9.59 Å². The third-order valence-electron chi connectivity index (χ3n) is 2.05. The minimum Gasteiger partial charge on any atom is -0.478 e. The average Bonchev–Trinajstić information content (AvgIpc) is 2.34. The molecule has 0 saturated heterocycles. The Morgan fingerprint density at radius 3 is 2.94 bits per heavy atom. The summed E-state index contributed by atoms with van der Waals surface area (Å²) in [5, 5.41) is 11.8. The van der Waals surface area contributed by atoms with Crippen LogP contribution in [-0.2, 0) is 16.1 Å². The van der Waals surface area contributed by atoms with Crippen molar-refractivity contribution in [3.8, 4) is 0 Å². The van der Waals surface area contributed by atoms with E-state index in [1.54, 1.807) is 0 Å². The maximum absolute atomic E-state index is 10.8. The lowest BCUT2D eigenvalue weighted by atomic mass is 10.2. The molecule has 0 fully saturated rings. The van der Waals surface area contributed by atoms with E-state index in [1.807, 2.05) is 0 Å². The van der Waals surface area contributed by atoms with E-state index in [1.165, 1.54) is 19.6 Å². The molecule has 1 rings (SSSR count). The standard InChI is InChI=1S/C10H13N3O4/c1-17-9(14)2-3-11-5-8-7(10(15)16)4-12-6-13-8/h4,6,11H,2-3,5H2,1H3,(H,15,16). The predicted octanol–water partition coefficient (Wildman–Crippen LogP) is -0.173. The third kappa shape index (κ3) is 4.15. The van der Waals surface area contributed by atoms with E-state index >= 15 is 0 Å². The van der Waals surface area contributed by atoms with Gasteiger partial charge in [-0.05, 0) is 0 Å². The molecule has 92 valence electrons. The summed E-state index contributed by atoms with van der Waals surface area (Å²) in [6.45, 7) is 0.664. The number of carboxylic acid groups (broad SMARTS) is 1. The highest BCUT2D eigenvalue weighted by atomic mass is 16.5. The zero-order valence-electron chi connectivity index (χ0n) is 9.34. The first-order valence-corrected chi connectivity index (χ1v) is 4.95. The lowest BCUT2D eigenvalue weighted by Gasteiger charge is -2.05. The van der Waals surface area contributed by atoms with Crippen LogP contribution in [0, 0.1) is 0 Å². The number of carboxylic acids is 1. The molecule has 7 nitrogen and oxygen atoms in total. The van der Waals surface area contributed by atoms with Crippen molar-refractivity contribution in [1.29, 1.82) is 0 Å². The van der Waals surface area contributed by atoms with Gasteiger partial charge in [-0.15, -0.1) is 0 Å². The van der Waals surface area contributed by atoms with Gasteiger partial charge < -0.3 is 15.2 Å². The molecule has 0 aromatic carbocycles. The van der Waals surface area contributed by atoms with Crippen LogP contribution in [-0.4, -0.2) is 40.7 Å². The fourth-order valence-corrected chi connectivity index (χ4v) is 1.17. The van der Waals surface area contributed by atoms with Gasteiger partial charge in [-0.2, -0.15) is 0 Å². The van der Waals surface area contributed by atoms with Gasteiger partial charge in [0.05, 0.1) is 19.2 Å². The van der Waals surface area contributed by atoms with Crippen LogP contribution in [0.3, 0.4) is 0 Å². The SMILES string of the molecule is COC(=O)CCNCc1ncncc1C(=O)O. The number of aromatic nitrogens is 2. The van der Waals surface area contributed by atoms with Crippen LogP contribution in [0.4, 0.5) is 0 Å². The molecule has 0 spiro atoms. The average molecular weight is 239 g/mol. The molecular formula is C10H13N3O4. The first kappa shape index (κ1) is 13.0. The van der Waals surface area contributed by atoms with Gasteiger partial charge in [-0.25, -0.2) is 14.8 Å². The molecule has 2 N–H and O–H groups in total. The Kier molecular flexibility index (Phi) is 5.02. The van der Waals surface area contributed by atoms with Crippen molar-refractivity contribution in [1.82, 2.24) is 15.3 Å². The molecule has 0 aliphatic carbocycles. The molecule has 0 bridgehead atoms. The van der Waals surface area contributed by atoms with Gasteiger partial charge in [0, 0.05) is 19.3 Å². The molecule has 0 aliphatic rings. The molecule has 0 atom stereocenters. The summed E-state index contributed by atoms with van der Waals surface area (Å²) in [6, 6.07) is 0. The van der Waals surface area contributed by atoms with Crippen LogP contribution in [0.15, 0.2) is 12.5 Å². The van der Waals surface area contributed by atoms with Gasteiger partial charge in [0.15, 0.2) is 0 Å². The Labute approximate surface area is 97.8 Å². The van der Waals surface area contributed by atoms with Crippen LogP contribution in [0.25, 0.3) is 0 Å². The number of methoxy groups -OCH3 is 1. The predicted molar refractivity (Wildman–Crippen MR) is 57.3 cm³/mol. The molecular weight excluding hydrogens is 226 g/mol. The topological polar surface area (TPSA) is 101 Å². The largest absolute Gasteiger partial charge is 0.478 e. The summed E-state index contributed by atoms with van der Waals surface area (Å²) >= 11 is 0. The summed E-state index contributed by atoms with van der Waals surface area (Å²) < 4.78 is 4.47. The molecule has 7 heteroatoms. The number of nitrogens with one attached hydrogen (secondary N) is 1. The smallest absolute Gasteiger partial charge is 0.339 e. The second kappa shape index (κ2) is 6.54. The summed E-state index contributed by atoms with van der Waals surface area (Å²) in [6.07, 6.45) is 2.75.